The van der Waals surface area contributed by atoms with Gasteiger partial charge in [-0.2, -0.15) is 5.26 Å². The van der Waals surface area contributed by atoms with Gasteiger partial charge < -0.3 is 9.64 Å². The van der Waals surface area contributed by atoms with Gasteiger partial charge in [-0.15, -0.1) is 11.3 Å². The maximum Gasteiger partial charge on any atom is 0.108 e. The second-order valence-corrected chi connectivity index (χ2v) is 13.3. The third-order valence-electron chi connectivity index (χ3n) is 6.17. The molecule has 0 atom stereocenters. The average Bonchev–Trinajstić information content (AvgIpc) is 3.33. The van der Waals surface area contributed by atoms with Gasteiger partial charge >= 0.3 is 0 Å². The second kappa shape index (κ2) is 13.7. The Hall–Kier alpha value is -2.30. The molecule has 1 N–H and O–H groups in total. The lowest BCUT2D eigenvalue weighted by Gasteiger charge is -2.27. The Morgan fingerprint density at radius 2 is 1.68 bits per heavy atom. The Morgan fingerprint density at radius 1 is 1.00 bits per heavy atom. The molecule has 204 valence electrons. The lowest BCUT2D eigenvalue weighted by atomic mass is 10.0. The molecule has 0 bridgehead atoms. The Morgan fingerprint density at radius 3 is 2.34 bits per heavy atom. The van der Waals surface area contributed by atoms with Crippen molar-refractivity contribution in [1.82, 2.24) is 4.72 Å². The zero-order valence-electron chi connectivity index (χ0n) is 24.1. The van der Waals surface area contributed by atoms with E-state index in [4.69, 9.17) is 4.74 Å². The summed E-state index contributed by atoms with van der Waals surface area (Å²) in [4.78, 5) is 5.41. The smallest absolute Gasteiger partial charge is 0.108 e. The number of hydrogen-bond donors (Lipinski definition) is 1. The molecule has 4 nitrogen and oxygen atoms in total. The Balaban J connectivity index is 1.69. The highest BCUT2D eigenvalue weighted by atomic mass is 32.2. The van der Waals surface area contributed by atoms with Crippen molar-refractivity contribution in [1.29, 1.82) is 5.26 Å². The third kappa shape index (κ3) is 9.17. The van der Waals surface area contributed by atoms with Gasteiger partial charge in [0.25, 0.3) is 0 Å². The Kier molecular flexibility index (Phi) is 10.9. The van der Waals surface area contributed by atoms with Gasteiger partial charge in [0.1, 0.15) is 11.0 Å². The second-order valence-electron chi connectivity index (χ2n) is 11.4. The number of fused-ring (bicyclic) bond motifs is 1. The summed E-state index contributed by atoms with van der Waals surface area (Å²) in [5.41, 5.74) is 2.22. The van der Waals surface area contributed by atoms with Crippen molar-refractivity contribution in [2.75, 3.05) is 24.6 Å². The number of thiophene rings is 1. The van der Waals surface area contributed by atoms with E-state index in [1.807, 2.05) is 6.08 Å². The van der Waals surface area contributed by atoms with Crippen molar-refractivity contribution in [3.63, 3.8) is 0 Å². The molecule has 0 unspecified atom stereocenters. The number of nitrogens with one attached hydrogen (secondary N) is 1. The highest BCUT2D eigenvalue weighted by Crippen LogP contribution is 2.33. The molecule has 1 heterocycles. The maximum atomic E-state index is 9.74. The molecule has 0 aliphatic rings. The minimum absolute atomic E-state index is 0.143. The van der Waals surface area contributed by atoms with Gasteiger partial charge in [0, 0.05) is 40.7 Å². The van der Waals surface area contributed by atoms with Crippen LogP contribution in [0.5, 0.6) is 0 Å². The Bertz CT molecular complexity index is 1260. The lowest BCUT2D eigenvalue weighted by Crippen LogP contribution is -2.36. The van der Waals surface area contributed by atoms with Crippen molar-refractivity contribution in [3.8, 4) is 16.5 Å². The molecule has 6 heteroatoms. The van der Waals surface area contributed by atoms with E-state index >= 15 is 0 Å². The molecule has 0 fully saturated rings. The number of nitriles is 1. The minimum atomic E-state index is -0.151. The normalized spacial score (nSPS) is 12.6. The summed E-state index contributed by atoms with van der Waals surface area (Å²) in [6.45, 7) is 17.8. The van der Waals surface area contributed by atoms with E-state index < -0.39 is 0 Å². The van der Waals surface area contributed by atoms with Gasteiger partial charge in [-0.05, 0) is 119 Å². The molecule has 38 heavy (non-hydrogen) atoms. The standard InChI is InChI=1S/C32H43N3OS2/c1-8-17-35(18-9-2)27-13-12-24-20-26(11-10-25(24)21-27)30-15-14-28(37-30)22-29(23-33)38-34-32(6,7)16-19-36-31(3,4)5/h10-15,20-22,34H,8-9,16-19H2,1-7H3/b29-22+. The summed E-state index contributed by atoms with van der Waals surface area (Å²) in [6, 6.07) is 20.1. The first-order chi connectivity index (χ1) is 18.0. The van der Waals surface area contributed by atoms with Gasteiger partial charge in [0.2, 0.25) is 0 Å². The largest absolute Gasteiger partial charge is 0.376 e. The summed E-state index contributed by atoms with van der Waals surface area (Å²) < 4.78 is 9.32. The van der Waals surface area contributed by atoms with Crippen LogP contribution in [0.4, 0.5) is 5.69 Å². The number of anilines is 1. The monoisotopic (exact) mass is 549 g/mol. The van der Waals surface area contributed by atoms with Crippen molar-refractivity contribution < 1.29 is 4.74 Å². The van der Waals surface area contributed by atoms with Crippen LogP contribution in [0, 0.1) is 11.3 Å². The molecular formula is C32H43N3OS2. The van der Waals surface area contributed by atoms with Crippen LogP contribution >= 0.6 is 23.3 Å². The SMILES string of the molecule is CCCN(CCC)c1ccc2cc(-c3ccc(/C=C(\C#N)SNC(C)(C)CCOC(C)(C)C)s3)ccc2c1. The van der Waals surface area contributed by atoms with E-state index in [0.29, 0.717) is 11.5 Å². The van der Waals surface area contributed by atoms with E-state index in [-0.39, 0.29) is 11.1 Å². The zero-order valence-corrected chi connectivity index (χ0v) is 25.7. The van der Waals surface area contributed by atoms with Crippen LogP contribution in [-0.2, 0) is 4.74 Å². The van der Waals surface area contributed by atoms with Crippen molar-refractivity contribution in [3.05, 3.63) is 58.3 Å². The highest BCUT2D eigenvalue weighted by molar-refractivity contribution is 8.01. The van der Waals surface area contributed by atoms with Crippen LogP contribution in [0.2, 0.25) is 0 Å². The number of allylic oxidation sites excluding steroid dienone is 1. The fourth-order valence-corrected chi connectivity index (χ4v) is 5.89. The van der Waals surface area contributed by atoms with Crippen molar-refractivity contribution in [2.24, 2.45) is 0 Å². The van der Waals surface area contributed by atoms with Crippen LogP contribution < -0.4 is 9.62 Å². The van der Waals surface area contributed by atoms with E-state index in [1.54, 1.807) is 11.3 Å². The summed E-state index contributed by atoms with van der Waals surface area (Å²) in [7, 11) is 0. The fourth-order valence-electron chi connectivity index (χ4n) is 4.15. The molecule has 3 aromatic rings. The number of ether oxygens (including phenoxy) is 1. The Labute approximate surface area is 238 Å². The first-order valence-electron chi connectivity index (χ1n) is 13.6. The van der Waals surface area contributed by atoms with Crippen molar-refractivity contribution >= 4 is 45.8 Å². The molecule has 0 radical (unpaired) electrons. The zero-order chi connectivity index (χ0) is 27.8. The van der Waals surface area contributed by atoms with Gasteiger partial charge in [-0.3, -0.25) is 4.72 Å². The van der Waals surface area contributed by atoms with Crippen LogP contribution in [0.25, 0.3) is 27.3 Å². The van der Waals surface area contributed by atoms with Gasteiger partial charge in [-0.25, -0.2) is 0 Å². The summed E-state index contributed by atoms with van der Waals surface area (Å²) in [5.74, 6) is 0. The van der Waals surface area contributed by atoms with E-state index in [0.717, 1.165) is 37.2 Å². The molecule has 0 spiro atoms. The molecule has 0 aliphatic carbocycles. The minimum Gasteiger partial charge on any atom is -0.376 e. The van der Waals surface area contributed by atoms with Crippen LogP contribution in [0.3, 0.4) is 0 Å². The third-order valence-corrected chi connectivity index (χ3v) is 8.34. The predicted octanol–water partition coefficient (Wildman–Crippen LogP) is 9.28. The average molecular weight is 550 g/mol. The number of benzene rings is 2. The fraction of sp³-hybridized carbons (Fsp3) is 0.469. The molecule has 0 amide bonds. The lowest BCUT2D eigenvalue weighted by molar-refractivity contribution is -0.0101. The van der Waals surface area contributed by atoms with E-state index in [2.05, 4.69) is 113 Å². The number of nitrogens with zero attached hydrogens (tertiary/aromatic N) is 2. The molecule has 1 aromatic heterocycles. The predicted molar refractivity (Wildman–Crippen MR) is 169 cm³/mol. The quantitative estimate of drug-likeness (QED) is 0.170. The van der Waals surface area contributed by atoms with Gasteiger partial charge in [-0.1, -0.05) is 32.0 Å². The van der Waals surface area contributed by atoms with Crippen LogP contribution in [0.15, 0.2) is 53.4 Å². The summed E-state index contributed by atoms with van der Waals surface area (Å²) >= 11 is 3.11. The van der Waals surface area contributed by atoms with Crippen molar-refractivity contribution in [2.45, 2.75) is 78.9 Å². The van der Waals surface area contributed by atoms with Crippen LogP contribution in [0.1, 0.15) is 72.6 Å². The summed E-state index contributed by atoms with van der Waals surface area (Å²) in [5, 5.41) is 12.3. The molecular weight excluding hydrogens is 507 g/mol. The number of rotatable bonds is 13. The topological polar surface area (TPSA) is 48.3 Å². The molecule has 3 rings (SSSR count). The highest BCUT2D eigenvalue weighted by Gasteiger charge is 2.20. The first kappa shape index (κ1) is 30.2. The van der Waals surface area contributed by atoms with Gasteiger partial charge in [0.15, 0.2) is 0 Å². The maximum absolute atomic E-state index is 9.74. The van der Waals surface area contributed by atoms with E-state index in [9.17, 15) is 5.26 Å². The molecule has 2 aromatic carbocycles. The van der Waals surface area contributed by atoms with Gasteiger partial charge in [0.05, 0.1) is 5.60 Å². The molecule has 0 saturated heterocycles. The molecule has 0 saturated carbocycles. The first-order valence-corrected chi connectivity index (χ1v) is 15.3. The number of hydrogen-bond acceptors (Lipinski definition) is 6. The molecule has 0 aliphatic heterocycles. The van der Waals surface area contributed by atoms with Crippen LogP contribution in [-0.4, -0.2) is 30.8 Å². The van der Waals surface area contributed by atoms with E-state index in [1.165, 1.54) is 38.8 Å². The summed E-state index contributed by atoms with van der Waals surface area (Å²) in [6.07, 6.45) is 5.13.